The average molecular weight is 444 g/mol. The summed E-state index contributed by atoms with van der Waals surface area (Å²) in [7, 11) is 0. The van der Waals surface area contributed by atoms with Gasteiger partial charge in [0.25, 0.3) is 0 Å². The van der Waals surface area contributed by atoms with E-state index in [4.69, 9.17) is 23.2 Å². The summed E-state index contributed by atoms with van der Waals surface area (Å²) < 4.78 is 0. The SMILES string of the molecule is CCN(CCCc1c(C2(Cl)CCC2)cccc1C1(Cl)CCC1)CCc1ccccc1. The van der Waals surface area contributed by atoms with E-state index in [2.05, 4.69) is 60.4 Å². The Kier molecular flexibility index (Phi) is 7.12. The maximum Gasteiger partial charge on any atom is 0.0697 e. The lowest BCUT2D eigenvalue weighted by Crippen LogP contribution is -2.33. The Hall–Kier alpha value is -1.02. The molecule has 0 spiro atoms. The van der Waals surface area contributed by atoms with Crippen molar-refractivity contribution in [3.63, 3.8) is 0 Å². The number of rotatable bonds is 10. The van der Waals surface area contributed by atoms with Crippen molar-refractivity contribution in [2.24, 2.45) is 0 Å². The van der Waals surface area contributed by atoms with E-state index in [1.54, 1.807) is 0 Å². The first kappa shape index (κ1) is 22.2. The number of halogens is 2. The highest BCUT2D eigenvalue weighted by molar-refractivity contribution is 6.25. The predicted molar refractivity (Wildman–Crippen MR) is 130 cm³/mol. The summed E-state index contributed by atoms with van der Waals surface area (Å²) >= 11 is 14.1. The van der Waals surface area contributed by atoms with E-state index >= 15 is 0 Å². The molecule has 0 saturated heterocycles. The molecule has 0 amide bonds. The van der Waals surface area contributed by atoms with E-state index in [1.807, 2.05) is 0 Å². The lowest BCUT2D eigenvalue weighted by molar-refractivity contribution is 0.286. The van der Waals surface area contributed by atoms with Crippen molar-refractivity contribution in [3.05, 3.63) is 70.8 Å². The van der Waals surface area contributed by atoms with Crippen molar-refractivity contribution >= 4 is 23.2 Å². The summed E-state index contributed by atoms with van der Waals surface area (Å²) in [6.45, 7) is 5.62. The molecule has 4 rings (SSSR count). The third-order valence-corrected chi connectivity index (χ3v) is 8.50. The first-order valence-corrected chi connectivity index (χ1v) is 12.6. The molecule has 0 heterocycles. The van der Waals surface area contributed by atoms with Crippen LogP contribution in [-0.4, -0.2) is 24.5 Å². The lowest BCUT2D eigenvalue weighted by Gasteiger charge is -2.42. The number of hydrogen-bond acceptors (Lipinski definition) is 1. The fourth-order valence-electron chi connectivity index (χ4n) is 5.05. The number of hydrogen-bond donors (Lipinski definition) is 0. The Balaban J connectivity index is 1.44. The first-order valence-electron chi connectivity index (χ1n) is 11.8. The molecule has 1 nitrogen and oxygen atoms in total. The van der Waals surface area contributed by atoms with Gasteiger partial charge in [-0.3, -0.25) is 0 Å². The minimum absolute atomic E-state index is 0.153. The van der Waals surface area contributed by atoms with Gasteiger partial charge in [0.15, 0.2) is 0 Å². The van der Waals surface area contributed by atoms with E-state index in [0.29, 0.717) is 0 Å². The Labute approximate surface area is 192 Å². The topological polar surface area (TPSA) is 3.24 Å². The van der Waals surface area contributed by atoms with Crippen LogP contribution in [0.5, 0.6) is 0 Å². The zero-order valence-corrected chi connectivity index (χ0v) is 19.8. The van der Waals surface area contributed by atoms with E-state index in [-0.39, 0.29) is 9.75 Å². The zero-order valence-electron chi connectivity index (χ0n) is 18.3. The largest absolute Gasteiger partial charge is 0.303 e. The molecule has 162 valence electrons. The van der Waals surface area contributed by atoms with Crippen LogP contribution in [-0.2, 0) is 22.6 Å². The lowest BCUT2D eigenvalue weighted by atomic mass is 9.71. The molecular formula is C27H35Cl2N. The van der Waals surface area contributed by atoms with Crippen molar-refractivity contribution in [2.75, 3.05) is 19.6 Å². The second-order valence-corrected chi connectivity index (χ2v) is 10.7. The van der Waals surface area contributed by atoms with Crippen LogP contribution >= 0.6 is 23.2 Å². The smallest absolute Gasteiger partial charge is 0.0697 e. The van der Waals surface area contributed by atoms with Gasteiger partial charge >= 0.3 is 0 Å². The molecule has 0 aromatic heterocycles. The maximum atomic E-state index is 7.05. The van der Waals surface area contributed by atoms with Crippen molar-refractivity contribution in [3.8, 4) is 0 Å². The van der Waals surface area contributed by atoms with Crippen molar-refractivity contribution in [1.82, 2.24) is 4.90 Å². The van der Waals surface area contributed by atoms with Gasteiger partial charge in [-0.25, -0.2) is 0 Å². The van der Waals surface area contributed by atoms with Crippen LogP contribution in [0.25, 0.3) is 0 Å². The maximum absolute atomic E-state index is 7.05. The molecular weight excluding hydrogens is 409 g/mol. The molecule has 0 radical (unpaired) electrons. The van der Waals surface area contributed by atoms with Gasteiger partial charge in [0.1, 0.15) is 0 Å². The molecule has 0 atom stereocenters. The molecule has 2 fully saturated rings. The van der Waals surface area contributed by atoms with Gasteiger partial charge < -0.3 is 4.90 Å². The van der Waals surface area contributed by atoms with Gasteiger partial charge in [-0.15, -0.1) is 23.2 Å². The average Bonchev–Trinajstić information content (AvgIpc) is 2.73. The fraction of sp³-hybridized carbons (Fsp3) is 0.556. The molecule has 2 aromatic rings. The first-order chi connectivity index (χ1) is 14.5. The van der Waals surface area contributed by atoms with Gasteiger partial charge in [-0.1, -0.05) is 55.5 Å². The number of nitrogens with zero attached hydrogens (tertiary/aromatic N) is 1. The standard InChI is InChI=1S/C27H35Cl2N/c1-2-30(21-15-22-10-4-3-5-11-22)20-7-12-23-24(26(28)16-8-17-26)13-6-14-25(23)27(29)18-9-19-27/h3-6,10-11,13-14H,2,7-9,12,15-21H2,1H3. The summed E-state index contributed by atoms with van der Waals surface area (Å²) in [4.78, 5) is 2.27. The van der Waals surface area contributed by atoms with Gasteiger partial charge in [0, 0.05) is 6.54 Å². The Morgan fingerprint density at radius 2 is 1.37 bits per heavy atom. The van der Waals surface area contributed by atoms with Gasteiger partial charge in [-0.05, 0) is 93.1 Å². The molecule has 2 saturated carbocycles. The van der Waals surface area contributed by atoms with Crippen molar-refractivity contribution in [2.45, 2.75) is 74.5 Å². The molecule has 0 N–H and O–H groups in total. The van der Waals surface area contributed by atoms with E-state index in [0.717, 1.165) is 64.6 Å². The fourth-order valence-corrected chi connectivity index (χ4v) is 5.94. The quantitative estimate of drug-likeness (QED) is 0.345. The number of benzene rings is 2. The minimum atomic E-state index is -0.153. The number of likely N-dealkylation sites (N-methyl/N-ethyl adjacent to an activating group) is 1. The van der Waals surface area contributed by atoms with Crippen LogP contribution in [0.15, 0.2) is 48.5 Å². The molecule has 0 bridgehead atoms. The third kappa shape index (κ3) is 4.74. The Morgan fingerprint density at radius 3 is 1.87 bits per heavy atom. The molecule has 3 heteroatoms. The van der Waals surface area contributed by atoms with Crippen LogP contribution in [0.4, 0.5) is 0 Å². The van der Waals surface area contributed by atoms with Crippen molar-refractivity contribution < 1.29 is 0 Å². The van der Waals surface area contributed by atoms with E-state index in [9.17, 15) is 0 Å². The highest BCUT2D eigenvalue weighted by atomic mass is 35.5. The molecule has 30 heavy (non-hydrogen) atoms. The summed E-state index contributed by atoms with van der Waals surface area (Å²) in [5.41, 5.74) is 5.62. The predicted octanol–water partition coefficient (Wildman–Crippen LogP) is 7.42. The van der Waals surface area contributed by atoms with Crippen molar-refractivity contribution in [1.29, 1.82) is 0 Å². The second-order valence-electron chi connectivity index (χ2n) is 9.24. The van der Waals surface area contributed by atoms with Gasteiger partial charge in [0.2, 0.25) is 0 Å². The van der Waals surface area contributed by atoms with E-state index < -0.39 is 0 Å². The zero-order chi connectivity index (χ0) is 21.0. The monoisotopic (exact) mass is 443 g/mol. The Morgan fingerprint density at radius 1 is 0.767 bits per heavy atom. The van der Waals surface area contributed by atoms with Crippen LogP contribution in [0.3, 0.4) is 0 Å². The molecule has 2 aromatic carbocycles. The molecule has 0 unspecified atom stereocenters. The minimum Gasteiger partial charge on any atom is -0.303 e. The summed E-state index contributed by atoms with van der Waals surface area (Å²) in [6.07, 6.45) is 10.2. The number of alkyl halides is 2. The molecule has 0 aliphatic heterocycles. The van der Waals surface area contributed by atoms with E-state index in [1.165, 1.54) is 35.1 Å². The summed E-state index contributed by atoms with van der Waals surface area (Å²) in [5, 5.41) is 0. The summed E-state index contributed by atoms with van der Waals surface area (Å²) in [6, 6.07) is 17.6. The summed E-state index contributed by atoms with van der Waals surface area (Å²) in [5.74, 6) is 0. The highest BCUT2D eigenvalue weighted by Crippen LogP contribution is 2.53. The highest BCUT2D eigenvalue weighted by Gasteiger charge is 2.42. The second kappa shape index (κ2) is 9.63. The molecule has 2 aliphatic carbocycles. The van der Waals surface area contributed by atoms with Crippen LogP contribution in [0.2, 0.25) is 0 Å². The van der Waals surface area contributed by atoms with Gasteiger partial charge in [-0.2, -0.15) is 0 Å². The van der Waals surface area contributed by atoms with Crippen LogP contribution in [0.1, 0.15) is 74.1 Å². The normalized spacial score (nSPS) is 19.3. The van der Waals surface area contributed by atoms with Crippen LogP contribution in [0, 0.1) is 0 Å². The molecule has 2 aliphatic rings. The Bertz CT molecular complexity index is 786. The van der Waals surface area contributed by atoms with Gasteiger partial charge in [0.05, 0.1) is 9.75 Å². The van der Waals surface area contributed by atoms with Crippen LogP contribution < -0.4 is 0 Å². The third-order valence-electron chi connectivity index (χ3n) is 7.34.